The van der Waals surface area contributed by atoms with E-state index in [-0.39, 0.29) is 0 Å². The van der Waals surface area contributed by atoms with Gasteiger partial charge in [-0.1, -0.05) is 23.7 Å². The second-order valence-corrected chi connectivity index (χ2v) is 4.50. The van der Waals surface area contributed by atoms with Gasteiger partial charge in [-0.2, -0.15) is 10.1 Å². The highest BCUT2D eigenvalue weighted by molar-refractivity contribution is 6.30. The van der Waals surface area contributed by atoms with Crippen LogP contribution in [0.4, 0.5) is 11.8 Å². The van der Waals surface area contributed by atoms with Crippen molar-refractivity contribution in [1.82, 2.24) is 15.2 Å². The van der Waals surface area contributed by atoms with Crippen LogP contribution in [0, 0.1) is 0 Å². The topological polar surface area (TPSA) is 72.0 Å². The zero-order valence-corrected chi connectivity index (χ0v) is 11.9. The highest BCUT2D eigenvalue weighted by Gasteiger charge is 2.00. The van der Waals surface area contributed by atoms with E-state index < -0.39 is 0 Å². The van der Waals surface area contributed by atoms with E-state index in [0.717, 1.165) is 10.6 Å². The first-order valence-electron chi connectivity index (χ1n) is 6.19. The van der Waals surface area contributed by atoms with Crippen molar-refractivity contribution in [2.24, 2.45) is 0 Å². The second kappa shape index (κ2) is 7.62. The molecule has 0 aliphatic rings. The molecule has 6 nitrogen and oxygen atoms in total. The Labute approximate surface area is 122 Å². The molecule has 20 heavy (non-hydrogen) atoms. The summed E-state index contributed by atoms with van der Waals surface area (Å²) in [7, 11) is 1.64. The maximum absolute atomic E-state index is 5.84. The fourth-order valence-electron chi connectivity index (χ4n) is 1.52. The van der Waals surface area contributed by atoms with Gasteiger partial charge >= 0.3 is 0 Å². The van der Waals surface area contributed by atoms with Crippen molar-refractivity contribution in [3.8, 4) is 0 Å². The quantitative estimate of drug-likeness (QED) is 0.763. The van der Waals surface area contributed by atoms with Crippen LogP contribution in [0.3, 0.4) is 0 Å². The average molecular weight is 294 g/mol. The van der Waals surface area contributed by atoms with Gasteiger partial charge in [0.15, 0.2) is 5.82 Å². The number of hydrogen-bond acceptors (Lipinski definition) is 6. The van der Waals surface area contributed by atoms with Crippen LogP contribution in [-0.4, -0.2) is 35.4 Å². The normalized spacial score (nSPS) is 10.3. The molecule has 0 aliphatic heterocycles. The Morgan fingerprint density at radius 1 is 1.20 bits per heavy atom. The van der Waals surface area contributed by atoms with Crippen molar-refractivity contribution in [2.45, 2.75) is 6.54 Å². The Morgan fingerprint density at radius 3 is 2.75 bits per heavy atom. The Bertz CT molecular complexity index is 535. The standard InChI is InChI=1S/C13H16ClN5O/c1-20-7-6-15-13-18-12(9-17-19-13)16-8-10-2-4-11(14)5-3-10/h2-5,9H,6-8H2,1H3,(H2,15,16,18,19). The molecule has 1 heterocycles. The lowest BCUT2D eigenvalue weighted by Crippen LogP contribution is -2.12. The number of nitrogens with one attached hydrogen (secondary N) is 2. The van der Waals surface area contributed by atoms with Gasteiger partial charge in [0, 0.05) is 25.2 Å². The third kappa shape index (κ3) is 4.64. The maximum Gasteiger partial charge on any atom is 0.244 e. The van der Waals surface area contributed by atoms with Crippen LogP contribution in [0.15, 0.2) is 30.5 Å². The second-order valence-electron chi connectivity index (χ2n) is 4.06. The zero-order valence-electron chi connectivity index (χ0n) is 11.1. The SMILES string of the molecule is COCCNc1nncc(NCc2ccc(Cl)cc2)n1. The molecule has 0 aliphatic carbocycles. The van der Waals surface area contributed by atoms with E-state index >= 15 is 0 Å². The van der Waals surface area contributed by atoms with Crippen LogP contribution in [0.2, 0.25) is 5.02 Å². The highest BCUT2D eigenvalue weighted by Crippen LogP contribution is 2.11. The molecule has 1 aromatic heterocycles. The fourth-order valence-corrected chi connectivity index (χ4v) is 1.65. The van der Waals surface area contributed by atoms with Gasteiger partial charge in [-0.15, -0.1) is 5.10 Å². The number of ether oxygens (including phenoxy) is 1. The van der Waals surface area contributed by atoms with Crippen LogP contribution in [0.1, 0.15) is 5.56 Å². The molecule has 0 fully saturated rings. The number of benzene rings is 1. The molecule has 0 radical (unpaired) electrons. The van der Waals surface area contributed by atoms with Gasteiger partial charge in [0.25, 0.3) is 0 Å². The Hall–Kier alpha value is -1.92. The molecule has 0 saturated carbocycles. The van der Waals surface area contributed by atoms with Crippen LogP contribution < -0.4 is 10.6 Å². The Kier molecular flexibility index (Phi) is 5.52. The summed E-state index contributed by atoms with van der Waals surface area (Å²) in [4.78, 5) is 4.30. The van der Waals surface area contributed by atoms with Gasteiger partial charge in [0.2, 0.25) is 5.95 Å². The van der Waals surface area contributed by atoms with Crippen molar-refractivity contribution in [3.63, 3.8) is 0 Å². The summed E-state index contributed by atoms with van der Waals surface area (Å²) >= 11 is 5.84. The largest absolute Gasteiger partial charge is 0.383 e. The number of nitrogens with zero attached hydrogens (tertiary/aromatic N) is 3. The molecule has 0 atom stereocenters. The number of halogens is 1. The minimum atomic E-state index is 0.475. The molecule has 1 aromatic carbocycles. The van der Waals surface area contributed by atoms with E-state index in [0.29, 0.717) is 31.5 Å². The van der Waals surface area contributed by atoms with Crippen LogP contribution in [-0.2, 0) is 11.3 Å². The molecule has 2 aromatic rings. The summed E-state index contributed by atoms with van der Waals surface area (Å²) in [5.41, 5.74) is 1.11. The van der Waals surface area contributed by atoms with E-state index in [4.69, 9.17) is 16.3 Å². The van der Waals surface area contributed by atoms with Gasteiger partial charge in [0.1, 0.15) is 0 Å². The molecule has 0 spiro atoms. The van der Waals surface area contributed by atoms with Gasteiger partial charge in [0.05, 0.1) is 12.8 Å². The molecule has 7 heteroatoms. The average Bonchev–Trinajstić information content (AvgIpc) is 2.47. The summed E-state index contributed by atoms with van der Waals surface area (Å²) in [6.45, 7) is 1.87. The lowest BCUT2D eigenvalue weighted by atomic mass is 10.2. The Morgan fingerprint density at radius 2 is 2.00 bits per heavy atom. The van der Waals surface area contributed by atoms with Crippen LogP contribution in [0.5, 0.6) is 0 Å². The number of anilines is 2. The van der Waals surface area contributed by atoms with Crippen molar-refractivity contribution in [2.75, 3.05) is 30.9 Å². The minimum absolute atomic E-state index is 0.475. The molecular weight excluding hydrogens is 278 g/mol. The summed E-state index contributed by atoms with van der Waals surface area (Å²) in [5.74, 6) is 1.14. The van der Waals surface area contributed by atoms with Crippen LogP contribution >= 0.6 is 11.6 Å². The third-order valence-electron chi connectivity index (χ3n) is 2.54. The predicted octanol–water partition coefficient (Wildman–Crippen LogP) is 2.20. The molecule has 2 rings (SSSR count). The molecular formula is C13H16ClN5O. The maximum atomic E-state index is 5.84. The number of hydrogen-bond donors (Lipinski definition) is 2. The summed E-state index contributed by atoms with van der Waals surface area (Å²) < 4.78 is 4.94. The first-order valence-corrected chi connectivity index (χ1v) is 6.56. The molecule has 0 saturated heterocycles. The Balaban J connectivity index is 1.89. The fraction of sp³-hybridized carbons (Fsp3) is 0.308. The lowest BCUT2D eigenvalue weighted by Gasteiger charge is -2.07. The van der Waals surface area contributed by atoms with Gasteiger partial charge in [-0.25, -0.2) is 0 Å². The van der Waals surface area contributed by atoms with Crippen LogP contribution in [0.25, 0.3) is 0 Å². The van der Waals surface area contributed by atoms with Gasteiger partial charge in [-0.05, 0) is 17.7 Å². The van der Waals surface area contributed by atoms with Gasteiger partial charge in [-0.3, -0.25) is 0 Å². The molecule has 106 valence electrons. The predicted molar refractivity (Wildman–Crippen MR) is 79.0 cm³/mol. The molecule has 0 amide bonds. The summed E-state index contributed by atoms with van der Waals surface area (Å²) in [6, 6.07) is 7.63. The highest BCUT2D eigenvalue weighted by atomic mass is 35.5. The first-order chi connectivity index (χ1) is 9.78. The van der Waals surface area contributed by atoms with E-state index in [9.17, 15) is 0 Å². The van der Waals surface area contributed by atoms with Crippen molar-refractivity contribution < 1.29 is 4.74 Å². The lowest BCUT2D eigenvalue weighted by molar-refractivity contribution is 0.210. The zero-order chi connectivity index (χ0) is 14.2. The van der Waals surface area contributed by atoms with E-state index in [1.165, 1.54) is 0 Å². The molecule has 2 N–H and O–H groups in total. The van der Waals surface area contributed by atoms with E-state index in [2.05, 4.69) is 25.8 Å². The smallest absolute Gasteiger partial charge is 0.244 e. The van der Waals surface area contributed by atoms with Crippen molar-refractivity contribution >= 4 is 23.4 Å². The number of aromatic nitrogens is 3. The number of rotatable bonds is 7. The van der Waals surface area contributed by atoms with Crippen molar-refractivity contribution in [1.29, 1.82) is 0 Å². The van der Waals surface area contributed by atoms with E-state index in [1.807, 2.05) is 24.3 Å². The first kappa shape index (κ1) is 14.5. The summed E-state index contributed by atoms with van der Waals surface area (Å²) in [6.07, 6.45) is 1.58. The monoisotopic (exact) mass is 293 g/mol. The number of methoxy groups -OCH3 is 1. The molecule has 0 bridgehead atoms. The molecule has 0 unspecified atom stereocenters. The summed E-state index contributed by atoms with van der Waals surface area (Å²) in [5, 5.41) is 14.7. The minimum Gasteiger partial charge on any atom is -0.383 e. The van der Waals surface area contributed by atoms with E-state index in [1.54, 1.807) is 13.3 Å². The third-order valence-corrected chi connectivity index (χ3v) is 2.79. The van der Waals surface area contributed by atoms with Crippen molar-refractivity contribution in [3.05, 3.63) is 41.0 Å². The van der Waals surface area contributed by atoms with Gasteiger partial charge < -0.3 is 15.4 Å².